The summed E-state index contributed by atoms with van der Waals surface area (Å²) >= 11 is 0. The number of aliphatic hydroxyl groups is 2. The van der Waals surface area contributed by atoms with Gasteiger partial charge in [-0.05, 0) is 6.07 Å². The molecule has 0 radical (unpaired) electrons. The molecule has 1 rings (SSSR count). The smallest absolute Gasteiger partial charge is 0.186 e. The lowest BCUT2D eigenvalue weighted by molar-refractivity contribution is 0.0959. The van der Waals surface area contributed by atoms with Crippen molar-refractivity contribution in [2.24, 2.45) is 0 Å². The van der Waals surface area contributed by atoms with Crippen molar-refractivity contribution in [3.05, 3.63) is 29.8 Å². The number of aliphatic hydroxyl groups excluding tert-OH is 2. The van der Waals surface area contributed by atoms with Gasteiger partial charge in [0, 0.05) is 5.56 Å². The van der Waals surface area contributed by atoms with Gasteiger partial charge in [0.05, 0.1) is 6.61 Å². The molecular formula is C8H10O3. The van der Waals surface area contributed by atoms with E-state index in [9.17, 15) is 0 Å². The van der Waals surface area contributed by atoms with Crippen LogP contribution in [0.15, 0.2) is 24.3 Å². The van der Waals surface area contributed by atoms with Gasteiger partial charge >= 0.3 is 0 Å². The Kier molecular flexibility index (Phi) is 2.89. The van der Waals surface area contributed by atoms with E-state index in [1.54, 1.807) is 24.3 Å². The number of benzene rings is 1. The molecule has 0 saturated heterocycles. The maximum atomic E-state index is 8.78. The summed E-state index contributed by atoms with van der Waals surface area (Å²) in [5, 5.41) is 17.2. The number of rotatable bonds is 3. The lowest BCUT2D eigenvalue weighted by Crippen LogP contribution is -1.98. The molecule has 0 saturated carbocycles. The van der Waals surface area contributed by atoms with E-state index in [1.807, 2.05) is 0 Å². The van der Waals surface area contributed by atoms with Crippen molar-refractivity contribution in [2.75, 3.05) is 6.79 Å². The maximum Gasteiger partial charge on any atom is 0.186 e. The van der Waals surface area contributed by atoms with Crippen molar-refractivity contribution < 1.29 is 14.9 Å². The fourth-order valence-electron chi connectivity index (χ4n) is 0.845. The average Bonchev–Trinajstić information content (AvgIpc) is 2.06. The molecule has 1 aromatic rings. The van der Waals surface area contributed by atoms with E-state index in [2.05, 4.69) is 0 Å². The largest absolute Gasteiger partial charge is 0.467 e. The molecule has 0 atom stereocenters. The van der Waals surface area contributed by atoms with Crippen LogP contribution in [0.25, 0.3) is 0 Å². The third kappa shape index (κ3) is 1.93. The van der Waals surface area contributed by atoms with Crippen LogP contribution in [0.3, 0.4) is 0 Å². The number of hydrogen-bond acceptors (Lipinski definition) is 3. The summed E-state index contributed by atoms with van der Waals surface area (Å²) in [7, 11) is 0. The minimum atomic E-state index is -0.364. The molecule has 0 aliphatic rings. The van der Waals surface area contributed by atoms with E-state index in [1.165, 1.54) is 0 Å². The second kappa shape index (κ2) is 3.95. The molecule has 0 heterocycles. The van der Waals surface area contributed by atoms with Gasteiger partial charge in [0.1, 0.15) is 5.75 Å². The highest BCUT2D eigenvalue weighted by Crippen LogP contribution is 2.16. The lowest BCUT2D eigenvalue weighted by Gasteiger charge is -2.05. The number of para-hydroxylation sites is 1. The fourth-order valence-corrected chi connectivity index (χ4v) is 0.845. The van der Waals surface area contributed by atoms with Crippen LogP contribution in [-0.4, -0.2) is 17.0 Å². The minimum Gasteiger partial charge on any atom is -0.467 e. The standard InChI is InChI=1S/C8H10O3/c9-5-7-3-1-2-4-8(7)11-6-10/h1-4,9-10H,5-6H2. The van der Waals surface area contributed by atoms with Crippen LogP contribution in [0.1, 0.15) is 5.56 Å². The highest BCUT2D eigenvalue weighted by atomic mass is 16.6. The number of hydrogen-bond donors (Lipinski definition) is 2. The van der Waals surface area contributed by atoms with E-state index >= 15 is 0 Å². The van der Waals surface area contributed by atoms with Crippen molar-refractivity contribution in [1.29, 1.82) is 0 Å². The van der Waals surface area contributed by atoms with Crippen LogP contribution in [0.2, 0.25) is 0 Å². The molecule has 0 aliphatic carbocycles. The zero-order valence-electron chi connectivity index (χ0n) is 6.03. The second-order valence-electron chi connectivity index (χ2n) is 2.04. The predicted molar refractivity (Wildman–Crippen MR) is 40.1 cm³/mol. The van der Waals surface area contributed by atoms with Gasteiger partial charge < -0.3 is 14.9 Å². The van der Waals surface area contributed by atoms with Gasteiger partial charge in [-0.1, -0.05) is 18.2 Å². The van der Waals surface area contributed by atoms with Gasteiger partial charge in [0.25, 0.3) is 0 Å². The molecule has 0 aliphatic heterocycles. The Morgan fingerprint density at radius 2 is 1.91 bits per heavy atom. The molecule has 0 fully saturated rings. The highest BCUT2D eigenvalue weighted by molar-refractivity contribution is 5.32. The first-order valence-corrected chi connectivity index (χ1v) is 3.31. The molecular weight excluding hydrogens is 144 g/mol. The Morgan fingerprint density at radius 1 is 1.18 bits per heavy atom. The minimum absolute atomic E-state index is 0.0732. The Bertz CT molecular complexity index is 222. The van der Waals surface area contributed by atoms with Crippen molar-refractivity contribution in [3.8, 4) is 5.75 Å². The first kappa shape index (κ1) is 8.04. The third-order valence-corrected chi connectivity index (χ3v) is 1.36. The SMILES string of the molecule is OCOc1ccccc1CO. The Hall–Kier alpha value is -1.06. The van der Waals surface area contributed by atoms with E-state index in [-0.39, 0.29) is 13.4 Å². The van der Waals surface area contributed by atoms with Gasteiger partial charge in [0.2, 0.25) is 0 Å². The van der Waals surface area contributed by atoms with Gasteiger partial charge in [-0.2, -0.15) is 0 Å². The van der Waals surface area contributed by atoms with E-state index in [0.29, 0.717) is 11.3 Å². The summed E-state index contributed by atoms with van der Waals surface area (Å²) < 4.78 is 4.82. The first-order chi connectivity index (χ1) is 5.38. The Labute approximate surface area is 64.9 Å². The third-order valence-electron chi connectivity index (χ3n) is 1.36. The first-order valence-electron chi connectivity index (χ1n) is 3.31. The van der Waals surface area contributed by atoms with Crippen molar-refractivity contribution in [1.82, 2.24) is 0 Å². The van der Waals surface area contributed by atoms with Gasteiger partial charge in [-0.3, -0.25) is 0 Å². The van der Waals surface area contributed by atoms with Gasteiger partial charge in [-0.25, -0.2) is 0 Å². The lowest BCUT2D eigenvalue weighted by atomic mass is 10.2. The fraction of sp³-hybridized carbons (Fsp3) is 0.250. The van der Waals surface area contributed by atoms with Crippen molar-refractivity contribution in [3.63, 3.8) is 0 Å². The molecule has 0 bridgehead atoms. The monoisotopic (exact) mass is 154 g/mol. The van der Waals surface area contributed by atoms with Crippen LogP contribution < -0.4 is 4.74 Å². The van der Waals surface area contributed by atoms with Crippen LogP contribution in [0.5, 0.6) is 5.75 Å². The summed E-state index contributed by atoms with van der Waals surface area (Å²) in [6.07, 6.45) is 0. The summed E-state index contributed by atoms with van der Waals surface area (Å²) in [5.41, 5.74) is 0.682. The molecule has 3 heteroatoms. The topological polar surface area (TPSA) is 49.7 Å². The molecule has 1 aromatic carbocycles. The average molecular weight is 154 g/mol. The van der Waals surface area contributed by atoms with Crippen LogP contribution >= 0.6 is 0 Å². The summed E-state index contributed by atoms with van der Waals surface area (Å²) in [6, 6.07) is 7.02. The van der Waals surface area contributed by atoms with Crippen molar-refractivity contribution >= 4 is 0 Å². The predicted octanol–water partition coefficient (Wildman–Crippen LogP) is 0.507. The normalized spacial score (nSPS) is 9.64. The zero-order valence-corrected chi connectivity index (χ0v) is 6.03. The van der Waals surface area contributed by atoms with E-state index in [0.717, 1.165) is 0 Å². The molecule has 0 aromatic heterocycles. The highest BCUT2D eigenvalue weighted by Gasteiger charge is 1.98. The van der Waals surface area contributed by atoms with Crippen LogP contribution in [0.4, 0.5) is 0 Å². The van der Waals surface area contributed by atoms with Gasteiger partial charge in [0.15, 0.2) is 6.79 Å². The summed E-state index contributed by atoms with van der Waals surface area (Å²) in [6.45, 7) is -0.437. The molecule has 0 amide bonds. The zero-order chi connectivity index (χ0) is 8.10. The van der Waals surface area contributed by atoms with Gasteiger partial charge in [-0.15, -0.1) is 0 Å². The summed E-state index contributed by atoms with van der Waals surface area (Å²) in [4.78, 5) is 0. The molecule has 0 spiro atoms. The molecule has 0 unspecified atom stereocenters. The van der Waals surface area contributed by atoms with Crippen LogP contribution in [-0.2, 0) is 6.61 Å². The molecule has 60 valence electrons. The molecule has 11 heavy (non-hydrogen) atoms. The maximum absolute atomic E-state index is 8.78. The number of ether oxygens (including phenoxy) is 1. The summed E-state index contributed by atoms with van der Waals surface area (Å²) in [5.74, 6) is 0.525. The van der Waals surface area contributed by atoms with Crippen LogP contribution in [0, 0.1) is 0 Å². The second-order valence-corrected chi connectivity index (χ2v) is 2.04. The Morgan fingerprint density at radius 3 is 2.55 bits per heavy atom. The van der Waals surface area contributed by atoms with E-state index in [4.69, 9.17) is 14.9 Å². The van der Waals surface area contributed by atoms with Crippen molar-refractivity contribution in [2.45, 2.75) is 6.61 Å². The molecule has 3 nitrogen and oxygen atoms in total. The van der Waals surface area contributed by atoms with E-state index < -0.39 is 0 Å². The molecule has 2 N–H and O–H groups in total. The quantitative estimate of drug-likeness (QED) is 0.623. The Balaban J connectivity index is 2.83.